The van der Waals surface area contributed by atoms with Crippen LogP contribution in [-0.4, -0.2) is 21.0 Å². The van der Waals surface area contributed by atoms with Crippen LogP contribution in [0.25, 0.3) is 6.08 Å². The number of anilines is 1. The molecule has 0 spiro atoms. The van der Waals surface area contributed by atoms with Crippen LogP contribution in [0, 0.1) is 0 Å². The molecule has 0 aliphatic carbocycles. The second kappa shape index (κ2) is 6.44. The van der Waals surface area contributed by atoms with E-state index in [1.165, 1.54) is 23.6 Å². The maximum absolute atomic E-state index is 12.6. The van der Waals surface area contributed by atoms with Gasteiger partial charge in [-0.2, -0.15) is 0 Å². The average Bonchev–Trinajstić information content (AvgIpc) is 2.82. The van der Waals surface area contributed by atoms with Crippen LogP contribution in [0.3, 0.4) is 0 Å². The molecule has 0 radical (unpaired) electrons. The Hall–Kier alpha value is -2.31. The van der Waals surface area contributed by atoms with Gasteiger partial charge in [-0.25, -0.2) is 0 Å². The van der Waals surface area contributed by atoms with Crippen LogP contribution >= 0.6 is 24.0 Å². The number of nitrogens with zero attached hydrogens (tertiary/aromatic N) is 2. The number of thiocarbonyl (C=S) groups is 1. The quantitative estimate of drug-likeness (QED) is 0.484. The minimum atomic E-state index is -0.179. The molecule has 1 amide bonds. The van der Waals surface area contributed by atoms with Gasteiger partial charge >= 0.3 is 0 Å². The molecule has 6 heteroatoms. The number of Topliss-reactive ketones (excluding diaryl/α,β-unsaturated/α-hetero) is 1. The highest BCUT2D eigenvalue weighted by molar-refractivity contribution is 8.27. The van der Waals surface area contributed by atoms with Gasteiger partial charge in [-0.05, 0) is 49.4 Å². The number of carbonyl (C=O) groups excluding carboxylic acids is 2. The van der Waals surface area contributed by atoms with E-state index in [1.54, 1.807) is 36.5 Å². The van der Waals surface area contributed by atoms with E-state index < -0.39 is 0 Å². The van der Waals surface area contributed by atoms with Crippen molar-refractivity contribution in [2.24, 2.45) is 0 Å². The van der Waals surface area contributed by atoms with E-state index in [-0.39, 0.29) is 11.7 Å². The minimum absolute atomic E-state index is 0.0167. The van der Waals surface area contributed by atoms with Crippen molar-refractivity contribution in [3.63, 3.8) is 0 Å². The summed E-state index contributed by atoms with van der Waals surface area (Å²) in [6, 6.07) is 12.3. The number of benzene rings is 1. The number of thioether (sulfide) groups is 1. The molecule has 1 saturated heterocycles. The second-order valence-electron chi connectivity index (χ2n) is 4.87. The first kappa shape index (κ1) is 15.6. The fraction of sp³-hybridized carbons (Fsp3) is 0.0588. The van der Waals surface area contributed by atoms with Crippen LogP contribution in [0.15, 0.2) is 53.6 Å². The SMILES string of the molecule is CC(=O)c1ccc(N2C(=O)/C(=C/c3ccccn3)SC2=S)cc1. The summed E-state index contributed by atoms with van der Waals surface area (Å²) in [5.74, 6) is -0.196. The van der Waals surface area contributed by atoms with E-state index in [2.05, 4.69) is 4.98 Å². The van der Waals surface area contributed by atoms with Crippen LogP contribution < -0.4 is 4.90 Å². The fourth-order valence-electron chi connectivity index (χ4n) is 2.13. The van der Waals surface area contributed by atoms with E-state index in [9.17, 15) is 9.59 Å². The normalized spacial score (nSPS) is 16.2. The summed E-state index contributed by atoms with van der Waals surface area (Å²) in [6.45, 7) is 1.50. The van der Waals surface area contributed by atoms with Crippen LogP contribution in [0.2, 0.25) is 0 Å². The first-order chi connectivity index (χ1) is 11.1. The lowest BCUT2D eigenvalue weighted by Crippen LogP contribution is -2.27. The molecule has 0 N–H and O–H groups in total. The van der Waals surface area contributed by atoms with Crippen LogP contribution in [0.1, 0.15) is 23.0 Å². The molecule has 1 aliphatic rings. The van der Waals surface area contributed by atoms with Crippen molar-refractivity contribution in [1.29, 1.82) is 0 Å². The van der Waals surface area contributed by atoms with E-state index in [1.807, 2.05) is 18.2 Å². The molecule has 4 nitrogen and oxygen atoms in total. The molecule has 0 unspecified atom stereocenters. The molecule has 2 heterocycles. The summed E-state index contributed by atoms with van der Waals surface area (Å²) in [6.07, 6.45) is 3.40. The van der Waals surface area contributed by atoms with Crippen LogP contribution in [-0.2, 0) is 4.79 Å². The third-order valence-corrected chi connectivity index (χ3v) is 4.59. The Morgan fingerprint density at radius 1 is 1.22 bits per heavy atom. The summed E-state index contributed by atoms with van der Waals surface area (Å²) in [4.78, 5) is 30.1. The topological polar surface area (TPSA) is 50.3 Å². The molecule has 0 saturated carbocycles. The predicted molar refractivity (Wildman–Crippen MR) is 96.3 cm³/mol. The lowest BCUT2D eigenvalue weighted by molar-refractivity contribution is -0.113. The molecule has 0 atom stereocenters. The van der Waals surface area contributed by atoms with Crippen LogP contribution in [0.5, 0.6) is 0 Å². The van der Waals surface area contributed by atoms with E-state index >= 15 is 0 Å². The zero-order valence-corrected chi connectivity index (χ0v) is 13.9. The zero-order chi connectivity index (χ0) is 16.4. The summed E-state index contributed by atoms with van der Waals surface area (Å²) in [5.41, 5.74) is 1.96. The van der Waals surface area contributed by atoms with Gasteiger partial charge in [0, 0.05) is 11.8 Å². The molecule has 1 aromatic heterocycles. The van der Waals surface area contributed by atoms with Gasteiger partial charge in [0.15, 0.2) is 10.1 Å². The van der Waals surface area contributed by atoms with Gasteiger partial charge in [-0.15, -0.1) is 0 Å². The minimum Gasteiger partial charge on any atom is -0.295 e. The third kappa shape index (κ3) is 3.23. The molecular formula is C17H12N2O2S2. The Kier molecular flexibility index (Phi) is 4.36. The van der Waals surface area contributed by atoms with Crippen molar-refractivity contribution in [2.45, 2.75) is 6.92 Å². The van der Waals surface area contributed by atoms with Gasteiger partial charge in [-0.1, -0.05) is 30.0 Å². The first-order valence-corrected chi connectivity index (χ1v) is 8.09. The standard InChI is InChI=1S/C17H12N2O2S2/c1-11(20)12-5-7-14(8-6-12)19-16(21)15(23-17(19)22)10-13-4-2-3-9-18-13/h2-10H,1H3/b15-10-. The lowest BCUT2D eigenvalue weighted by atomic mass is 10.1. The number of amides is 1. The number of hydrogen-bond donors (Lipinski definition) is 0. The first-order valence-electron chi connectivity index (χ1n) is 6.86. The largest absolute Gasteiger partial charge is 0.295 e. The van der Waals surface area contributed by atoms with Gasteiger partial charge in [-0.3, -0.25) is 19.5 Å². The monoisotopic (exact) mass is 340 g/mol. The van der Waals surface area contributed by atoms with Crippen molar-refractivity contribution >= 4 is 51.8 Å². The highest BCUT2D eigenvalue weighted by atomic mass is 32.2. The van der Waals surface area contributed by atoms with Crippen molar-refractivity contribution in [2.75, 3.05) is 4.90 Å². The number of carbonyl (C=O) groups is 2. The summed E-state index contributed by atoms with van der Waals surface area (Å²) < 4.78 is 0.466. The average molecular weight is 340 g/mol. The Morgan fingerprint density at radius 3 is 2.57 bits per heavy atom. The van der Waals surface area contributed by atoms with Gasteiger partial charge in [0.25, 0.3) is 5.91 Å². The summed E-state index contributed by atoms with van der Waals surface area (Å²) >= 11 is 6.56. The number of aromatic nitrogens is 1. The Bertz CT molecular complexity index is 814. The van der Waals surface area contributed by atoms with Gasteiger partial charge in [0.05, 0.1) is 16.3 Å². The highest BCUT2D eigenvalue weighted by Crippen LogP contribution is 2.35. The molecule has 2 aromatic rings. The molecule has 3 rings (SSSR count). The smallest absolute Gasteiger partial charge is 0.270 e. The number of pyridine rings is 1. The van der Waals surface area contributed by atoms with E-state index in [0.29, 0.717) is 26.2 Å². The van der Waals surface area contributed by atoms with E-state index in [4.69, 9.17) is 12.2 Å². The Balaban J connectivity index is 1.90. The molecular weight excluding hydrogens is 328 g/mol. The number of ketones is 1. The second-order valence-corrected chi connectivity index (χ2v) is 6.55. The summed E-state index contributed by atoms with van der Waals surface area (Å²) in [5, 5.41) is 0. The Labute approximate surface area is 143 Å². The molecule has 114 valence electrons. The molecule has 1 fully saturated rings. The molecule has 0 bridgehead atoms. The maximum Gasteiger partial charge on any atom is 0.270 e. The maximum atomic E-state index is 12.6. The van der Waals surface area contributed by atoms with Crippen molar-refractivity contribution in [1.82, 2.24) is 4.98 Å². The molecule has 23 heavy (non-hydrogen) atoms. The van der Waals surface area contributed by atoms with Gasteiger partial charge < -0.3 is 0 Å². The predicted octanol–water partition coefficient (Wildman–Crippen LogP) is 3.69. The fourth-order valence-corrected chi connectivity index (χ4v) is 3.41. The number of rotatable bonds is 3. The summed E-state index contributed by atoms with van der Waals surface area (Å²) in [7, 11) is 0. The Morgan fingerprint density at radius 2 is 1.96 bits per heavy atom. The lowest BCUT2D eigenvalue weighted by Gasteiger charge is -2.14. The van der Waals surface area contributed by atoms with E-state index in [0.717, 1.165) is 0 Å². The molecule has 1 aliphatic heterocycles. The third-order valence-electron chi connectivity index (χ3n) is 3.29. The highest BCUT2D eigenvalue weighted by Gasteiger charge is 2.33. The molecule has 1 aromatic carbocycles. The number of hydrogen-bond acceptors (Lipinski definition) is 5. The van der Waals surface area contributed by atoms with Crippen molar-refractivity contribution in [3.05, 3.63) is 64.8 Å². The van der Waals surface area contributed by atoms with Crippen molar-refractivity contribution < 1.29 is 9.59 Å². The van der Waals surface area contributed by atoms with Crippen molar-refractivity contribution in [3.8, 4) is 0 Å². The van der Waals surface area contributed by atoms with Gasteiger partial charge in [0.1, 0.15) is 0 Å². The van der Waals surface area contributed by atoms with Crippen LogP contribution in [0.4, 0.5) is 5.69 Å². The zero-order valence-electron chi connectivity index (χ0n) is 12.2. The van der Waals surface area contributed by atoms with Gasteiger partial charge in [0.2, 0.25) is 0 Å².